The summed E-state index contributed by atoms with van der Waals surface area (Å²) < 4.78 is 0. The molecule has 1 heterocycles. The van der Waals surface area contributed by atoms with Gasteiger partial charge in [0.15, 0.2) is 0 Å². The molecule has 1 aliphatic rings. The van der Waals surface area contributed by atoms with Gasteiger partial charge < -0.3 is 15.5 Å². The molecule has 2 aromatic rings. The average Bonchev–Trinajstić information content (AvgIpc) is 2.70. The molecule has 0 saturated carbocycles. The van der Waals surface area contributed by atoms with Crippen molar-refractivity contribution in [3.05, 3.63) is 54.6 Å². The molecule has 5 heteroatoms. The minimum Gasteiger partial charge on any atom is -0.356 e. The Hall–Kier alpha value is -2.82. The number of rotatable bonds is 6. The Morgan fingerprint density at radius 2 is 1.67 bits per heavy atom. The van der Waals surface area contributed by atoms with Crippen LogP contribution in [0.15, 0.2) is 54.6 Å². The van der Waals surface area contributed by atoms with E-state index in [0.29, 0.717) is 13.0 Å². The first-order valence-electron chi connectivity index (χ1n) is 9.66. The van der Waals surface area contributed by atoms with Gasteiger partial charge in [0.2, 0.25) is 11.8 Å². The fraction of sp³-hybridized carbons (Fsp3) is 0.364. The van der Waals surface area contributed by atoms with Crippen molar-refractivity contribution in [2.45, 2.75) is 32.6 Å². The Kier molecular flexibility index (Phi) is 6.47. The van der Waals surface area contributed by atoms with Crippen molar-refractivity contribution in [2.75, 3.05) is 23.7 Å². The second kappa shape index (κ2) is 9.21. The number of carbonyl (C=O) groups excluding carboxylic acids is 2. The van der Waals surface area contributed by atoms with Crippen molar-refractivity contribution < 1.29 is 9.59 Å². The Morgan fingerprint density at radius 3 is 2.37 bits per heavy atom. The zero-order valence-electron chi connectivity index (χ0n) is 15.8. The quantitative estimate of drug-likeness (QED) is 0.797. The lowest BCUT2D eigenvalue weighted by atomic mass is 9.96. The number of amides is 2. The predicted molar refractivity (Wildman–Crippen MR) is 109 cm³/mol. The van der Waals surface area contributed by atoms with Crippen molar-refractivity contribution in [3.63, 3.8) is 0 Å². The highest BCUT2D eigenvalue weighted by molar-refractivity contribution is 5.93. The molecule has 2 aromatic carbocycles. The maximum Gasteiger partial charge on any atom is 0.229 e. The number of likely N-dealkylation sites (tertiary alicyclic amines) is 1. The molecule has 1 saturated heterocycles. The number of hydrogen-bond acceptors (Lipinski definition) is 3. The number of benzene rings is 2. The van der Waals surface area contributed by atoms with Gasteiger partial charge in [0.25, 0.3) is 0 Å². The molecule has 0 bridgehead atoms. The predicted octanol–water partition coefficient (Wildman–Crippen LogP) is 4.41. The summed E-state index contributed by atoms with van der Waals surface area (Å²) in [7, 11) is 0. The SMILES string of the molecule is CCCC(=O)N1CCCC(C(=O)Nc2ccc(Nc3ccccc3)cc2)C1. The molecule has 0 aliphatic carbocycles. The van der Waals surface area contributed by atoms with Gasteiger partial charge in [-0.1, -0.05) is 25.1 Å². The first kappa shape index (κ1) is 19.0. The van der Waals surface area contributed by atoms with Gasteiger partial charge in [-0.2, -0.15) is 0 Å². The summed E-state index contributed by atoms with van der Waals surface area (Å²) in [6.07, 6.45) is 3.11. The second-order valence-corrected chi connectivity index (χ2v) is 6.99. The van der Waals surface area contributed by atoms with Gasteiger partial charge in [0.05, 0.1) is 5.92 Å². The summed E-state index contributed by atoms with van der Waals surface area (Å²) in [6.45, 7) is 3.29. The molecule has 2 amide bonds. The summed E-state index contributed by atoms with van der Waals surface area (Å²) in [6, 6.07) is 17.6. The van der Waals surface area contributed by atoms with Crippen molar-refractivity contribution in [3.8, 4) is 0 Å². The third-order valence-electron chi connectivity index (χ3n) is 4.82. The van der Waals surface area contributed by atoms with Crippen LogP contribution >= 0.6 is 0 Å². The highest BCUT2D eigenvalue weighted by Crippen LogP contribution is 2.22. The van der Waals surface area contributed by atoms with Gasteiger partial charge in [0.1, 0.15) is 0 Å². The van der Waals surface area contributed by atoms with Crippen LogP contribution in [0.25, 0.3) is 0 Å². The van der Waals surface area contributed by atoms with Gasteiger partial charge in [-0.3, -0.25) is 9.59 Å². The van der Waals surface area contributed by atoms with Crippen LogP contribution in [-0.2, 0) is 9.59 Å². The van der Waals surface area contributed by atoms with Crippen LogP contribution in [0.1, 0.15) is 32.6 Å². The van der Waals surface area contributed by atoms with Crippen LogP contribution in [-0.4, -0.2) is 29.8 Å². The van der Waals surface area contributed by atoms with Gasteiger partial charge in [-0.05, 0) is 55.7 Å². The third-order valence-corrected chi connectivity index (χ3v) is 4.82. The molecular formula is C22H27N3O2. The topological polar surface area (TPSA) is 61.4 Å². The normalized spacial score (nSPS) is 16.6. The van der Waals surface area contributed by atoms with Gasteiger partial charge >= 0.3 is 0 Å². The van der Waals surface area contributed by atoms with E-state index in [1.807, 2.05) is 66.4 Å². The Bertz CT molecular complexity index is 759. The summed E-state index contributed by atoms with van der Waals surface area (Å²) in [5, 5.41) is 6.31. The zero-order valence-corrected chi connectivity index (χ0v) is 15.8. The Morgan fingerprint density at radius 1 is 1.00 bits per heavy atom. The van der Waals surface area contributed by atoms with Crippen LogP contribution < -0.4 is 10.6 Å². The molecule has 142 valence electrons. The van der Waals surface area contributed by atoms with E-state index >= 15 is 0 Å². The highest BCUT2D eigenvalue weighted by atomic mass is 16.2. The van der Waals surface area contributed by atoms with E-state index in [9.17, 15) is 9.59 Å². The Labute approximate surface area is 160 Å². The molecule has 3 rings (SSSR count). The number of para-hydroxylation sites is 1. The number of nitrogens with zero attached hydrogens (tertiary/aromatic N) is 1. The summed E-state index contributed by atoms with van der Waals surface area (Å²) in [5.41, 5.74) is 2.76. The van der Waals surface area contributed by atoms with E-state index in [-0.39, 0.29) is 17.7 Å². The van der Waals surface area contributed by atoms with E-state index in [0.717, 1.165) is 42.9 Å². The molecule has 1 unspecified atom stereocenters. The van der Waals surface area contributed by atoms with Crippen molar-refractivity contribution in [1.29, 1.82) is 0 Å². The molecule has 0 spiro atoms. The molecule has 5 nitrogen and oxygen atoms in total. The van der Waals surface area contributed by atoms with Crippen molar-refractivity contribution >= 4 is 28.9 Å². The number of anilines is 3. The maximum atomic E-state index is 12.6. The molecule has 0 radical (unpaired) electrons. The fourth-order valence-electron chi connectivity index (χ4n) is 3.36. The van der Waals surface area contributed by atoms with E-state index in [1.54, 1.807) is 0 Å². The van der Waals surface area contributed by atoms with E-state index in [4.69, 9.17) is 0 Å². The number of carbonyl (C=O) groups is 2. The van der Waals surface area contributed by atoms with E-state index in [1.165, 1.54) is 0 Å². The average molecular weight is 365 g/mol. The molecular weight excluding hydrogens is 338 g/mol. The van der Waals surface area contributed by atoms with E-state index < -0.39 is 0 Å². The molecule has 27 heavy (non-hydrogen) atoms. The van der Waals surface area contributed by atoms with Gasteiger partial charge in [0, 0.05) is 36.6 Å². The van der Waals surface area contributed by atoms with Crippen LogP contribution in [0.3, 0.4) is 0 Å². The molecule has 0 aromatic heterocycles. The fourth-order valence-corrected chi connectivity index (χ4v) is 3.36. The summed E-state index contributed by atoms with van der Waals surface area (Å²) >= 11 is 0. The number of hydrogen-bond donors (Lipinski definition) is 2. The summed E-state index contributed by atoms with van der Waals surface area (Å²) in [4.78, 5) is 26.5. The Balaban J connectivity index is 1.55. The van der Waals surface area contributed by atoms with Gasteiger partial charge in [-0.15, -0.1) is 0 Å². The summed E-state index contributed by atoms with van der Waals surface area (Å²) in [5.74, 6) is 0.0146. The molecule has 1 aliphatic heterocycles. The zero-order chi connectivity index (χ0) is 19.1. The van der Waals surface area contributed by atoms with Crippen LogP contribution in [0.2, 0.25) is 0 Å². The van der Waals surface area contributed by atoms with Crippen LogP contribution in [0.5, 0.6) is 0 Å². The molecule has 2 N–H and O–H groups in total. The minimum absolute atomic E-state index is 0.00670. The molecule has 1 atom stereocenters. The van der Waals surface area contributed by atoms with Gasteiger partial charge in [-0.25, -0.2) is 0 Å². The first-order valence-corrected chi connectivity index (χ1v) is 9.66. The lowest BCUT2D eigenvalue weighted by Gasteiger charge is -2.32. The lowest BCUT2D eigenvalue weighted by Crippen LogP contribution is -2.43. The smallest absolute Gasteiger partial charge is 0.229 e. The van der Waals surface area contributed by atoms with Crippen molar-refractivity contribution in [2.24, 2.45) is 5.92 Å². The first-order chi connectivity index (χ1) is 13.2. The largest absolute Gasteiger partial charge is 0.356 e. The molecule has 1 fully saturated rings. The number of piperidine rings is 1. The lowest BCUT2D eigenvalue weighted by molar-refractivity contribution is -0.134. The standard InChI is InChI=1S/C22H27N3O2/c1-2-7-21(26)25-15-6-8-17(16-25)22(27)24-20-13-11-19(12-14-20)23-18-9-4-3-5-10-18/h3-5,9-14,17,23H,2,6-8,15-16H2,1H3,(H,24,27). The highest BCUT2D eigenvalue weighted by Gasteiger charge is 2.28. The minimum atomic E-state index is -0.137. The second-order valence-electron chi connectivity index (χ2n) is 6.99. The number of nitrogens with one attached hydrogen (secondary N) is 2. The van der Waals surface area contributed by atoms with Crippen molar-refractivity contribution in [1.82, 2.24) is 4.90 Å². The van der Waals surface area contributed by atoms with E-state index in [2.05, 4.69) is 10.6 Å². The van der Waals surface area contributed by atoms with Crippen LogP contribution in [0.4, 0.5) is 17.1 Å². The third kappa shape index (κ3) is 5.33. The monoisotopic (exact) mass is 365 g/mol. The van der Waals surface area contributed by atoms with Crippen LogP contribution in [0, 0.1) is 5.92 Å². The maximum absolute atomic E-state index is 12.6.